The third-order valence-electron chi connectivity index (χ3n) is 4.24. The summed E-state index contributed by atoms with van der Waals surface area (Å²) in [5.74, 6) is 0. The second kappa shape index (κ2) is 7.32. The minimum Gasteiger partial charge on any atom is -0.396 e. The summed E-state index contributed by atoms with van der Waals surface area (Å²) in [4.78, 5) is 1.31. The van der Waals surface area contributed by atoms with Crippen molar-refractivity contribution in [2.75, 3.05) is 19.4 Å². The lowest BCUT2D eigenvalue weighted by Crippen LogP contribution is -2.38. The number of benzene rings is 1. The van der Waals surface area contributed by atoms with Gasteiger partial charge < -0.3 is 10.4 Å². The van der Waals surface area contributed by atoms with Crippen molar-refractivity contribution in [1.29, 1.82) is 0 Å². The average molecular weight is 279 g/mol. The second-order valence-electron chi connectivity index (χ2n) is 5.67. The van der Waals surface area contributed by atoms with E-state index in [-0.39, 0.29) is 5.41 Å². The Hall–Kier alpha value is -0.510. The van der Waals surface area contributed by atoms with Crippen LogP contribution in [0, 0.1) is 5.41 Å². The van der Waals surface area contributed by atoms with Gasteiger partial charge in [0, 0.05) is 30.0 Å². The van der Waals surface area contributed by atoms with Gasteiger partial charge in [-0.05, 0) is 36.8 Å². The summed E-state index contributed by atoms with van der Waals surface area (Å²) in [6.07, 6.45) is 8.30. The Labute approximate surface area is 121 Å². The van der Waals surface area contributed by atoms with Crippen LogP contribution in [0.2, 0.25) is 0 Å². The van der Waals surface area contributed by atoms with Gasteiger partial charge in [0.2, 0.25) is 0 Å². The topological polar surface area (TPSA) is 32.3 Å². The van der Waals surface area contributed by atoms with Crippen LogP contribution < -0.4 is 5.32 Å². The minimum atomic E-state index is 0.136. The molecule has 0 amide bonds. The fourth-order valence-electron chi connectivity index (χ4n) is 2.91. The molecular weight excluding hydrogens is 254 g/mol. The van der Waals surface area contributed by atoms with Crippen molar-refractivity contribution in [3.63, 3.8) is 0 Å². The molecule has 1 saturated carbocycles. The van der Waals surface area contributed by atoms with Gasteiger partial charge in [0.25, 0.3) is 0 Å². The maximum Gasteiger partial charge on any atom is 0.0499 e. The molecule has 0 radical (unpaired) electrons. The van der Waals surface area contributed by atoms with E-state index in [2.05, 4.69) is 35.8 Å². The molecule has 0 heterocycles. The van der Waals surface area contributed by atoms with Gasteiger partial charge in [0.15, 0.2) is 0 Å². The number of rotatable bonds is 6. The predicted octanol–water partition coefficient (Wildman–Crippen LogP) is 3.44. The molecule has 0 atom stereocenters. The lowest BCUT2D eigenvalue weighted by atomic mass is 9.74. The Morgan fingerprint density at radius 2 is 1.84 bits per heavy atom. The Morgan fingerprint density at radius 3 is 2.42 bits per heavy atom. The molecule has 0 bridgehead atoms. The molecule has 1 aliphatic carbocycles. The minimum absolute atomic E-state index is 0.136. The van der Waals surface area contributed by atoms with Crippen molar-refractivity contribution in [3.8, 4) is 0 Å². The number of hydrogen-bond donors (Lipinski definition) is 2. The van der Waals surface area contributed by atoms with Crippen molar-refractivity contribution in [1.82, 2.24) is 5.32 Å². The molecule has 1 fully saturated rings. The number of nitrogens with one attached hydrogen (secondary N) is 1. The summed E-state index contributed by atoms with van der Waals surface area (Å²) in [6.45, 7) is 2.16. The van der Waals surface area contributed by atoms with E-state index >= 15 is 0 Å². The predicted molar refractivity (Wildman–Crippen MR) is 82.5 cm³/mol. The highest BCUT2D eigenvalue weighted by atomic mass is 32.2. The quantitative estimate of drug-likeness (QED) is 0.782. The number of thioether (sulfide) groups is 1. The van der Waals surface area contributed by atoms with Crippen molar-refractivity contribution >= 4 is 11.8 Å². The van der Waals surface area contributed by atoms with Gasteiger partial charge in [-0.25, -0.2) is 0 Å². The molecule has 0 spiro atoms. The monoisotopic (exact) mass is 279 g/mol. The van der Waals surface area contributed by atoms with Crippen LogP contribution in [0.15, 0.2) is 29.2 Å². The molecule has 1 aliphatic rings. The van der Waals surface area contributed by atoms with Crippen LogP contribution in [0.25, 0.3) is 0 Å². The number of hydrogen-bond acceptors (Lipinski definition) is 3. The van der Waals surface area contributed by atoms with Gasteiger partial charge in [-0.1, -0.05) is 31.4 Å². The van der Waals surface area contributed by atoms with Gasteiger partial charge >= 0.3 is 0 Å². The van der Waals surface area contributed by atoms with E-state index in [9.17, 15) is 5.11 Å². The molecule has 2 rings (SSSR count). The Balaban J connectivity index is 1.81. The van der Waals surface area contributed by atoms with Gasteiger partial charge in [-0.15, -0.1) is 11.8 Å². The number of aliphatic hydroxyl groups excluding tert-OH is 1. The molecule has 1 aromatic rings. The normalized spacial score (nSPS) is 18.4. The fourth-order valence-corrected chi connectivity index (χ4v) is 3.32. The van der Waals surface area contributed by atoms with Gasteiger partial charge in [0.1, 0.15) is 0 Å². The highest BCUT2D eigenvalue weighted by molar-refractivity contribution is 7.98. The van der Waals surface area contributed by atoms with Crippen LogP contribution in [-0.2, 0) is 6.54 Å². The molecule has 106 valence electrons. The van der Waals surface area contributed by atoms with Crippen LogP contribution in [0.3, 0.4) is 0 Å². The van der Waals surface area contributed by atoms with E-state index in [1.54, 1.807) is 11.8 Å². The maximum atomic E-state index is 9.66. The zero-order valence-corrected chi connectivity index (χ0v) is 12.6. The molecule has 2 N–H and O–H groups in total. The van der Waals surface area contributed by atoms with Gasteiger partial charge in [0.05, 0.1) is 0 Å². The highest BCUT2D eigenvalue weighted by Gasteiger charge is 2.30. The first-order valence-electron chi connectivity index (χ1n) is 7.22. The van der Waals surface area contributed by atoms with E-state index in [0.29, 0.717) is 6.61 Å². The van der Waals surface area contributed by atoms with E-state index in [1.165, 1.54) is 42.6 Å². The summed E-state index contributed by atoms with van der Waals surface area (Å²) in [7, 11) is 0. The lowest BCUT2D eigenvalue weighted by molar-refractivity contribution is 0.0810. The van der Waals surface area contributed by atoms with Crippen molar-refractivity contribution < 1.29 is 5.11 Å². The third kappa shape index (κ3) is 4.23. The SMILES string of the molecule is CSc1ccc(CNCC2(CO)CCCCC2)cc1. The Bertz CT molecular complexity index is 371. The van der Waals surface area contributed by atoms with Crippen LogP contribution in [-0.4, -0.2) is 24.5 Å². The van der Waals surface area contributed by atoms with E-state index in [1.807, 2.05) is 0 Å². The third-order valence-corrected chi connectivity index (χ3v) is 4.98. The van der Waals surface area contributed by atoms with Crippen LogP contribution in [0.1, 0.15) is 37.7 Å². The summed E-state index contributed by atoms with van der Waals surface area (Å²) in [5.41, 5.74) is 1.46. The average Bonchev–Trinajstić information content (AvgIpc) is 2.49. The fraction of sp³-hybridized carbons (Fsp3) is 0.625. The molecule has 3 heteroatoms. The Kier molecular flexibility index (Phi) is 5.74. The van der Waals surface area contributed by atoms with E-state index in [4.69, 9.17) is 0 Å². The second-order valence-corrected chi connectivity index (χ2v) is 6.55. The van der Waals surface area contributed by atoms with Crippen molar-refractivity contribution in [2.45, 2.75) is 43.5 Å². The molecule has 0 aromatic heterocycles. The highest BCUT2D eigenvalue weighted by Crippen LogP contribution is 2.35. The smallest absolute Gasteiger partial charge is 0.0499 e. The van der Waals surface area contributed by atoms with E-state index < -0.39 is 0 Å². The van der Waals surface area contributed by atoms with Crippen LogP contribution >= 0.6 is 11.8 Å². The molecule has 0 aliphatic heterocycles. The molecule has 2 nitrogen and oxygen atoms in total. The van der Waals surface area contributed by atoms with E-state index in [0.717, 1.165) is 13.1 Å². The molecule has 0 unspecified atom stereocenters. The summed E-state index contributed by atoms with van der Waals surface area (Å²) in [6, 6.07) is 8.71. The standard InChI is InChI=1S/C16H25NOS/c1-19-15-7-5-14(6-8-15)11-17-12-16(13-18)9-3-2-4-10-16/h5-8,17-18H,2-4,9-13H2,1H3. The molecule has 19 heavy (non-hydrogen) atoms. The summed E-state index contributed by atoms with van der Waals surface area (Å²) < 4.78 is 0. The van der Waals surface area contributed by atoms with Crippen molar-refractivity contribution in [2.24, 2.45) is 5.41 Å². The summed E-state index contributed by atoms with van der Waals surface area (Å²) >= 11 is 1.77. The molecular formula is C16H25NOS. The van der Waals surface area contributed by atoms with Crippen molar-refractivity contribution in [3.05, 3.63) is 29.8 Å². The first-order valence-corrected chi connectivity index (χ1v) is 8.45. The summed E-state index contributed by atoms with van der Waals surface area (Å²) in [5, 5.41) is 13.2. The van der Waals surface area contributed by atoms with Gasteiger partial charge in [-0.2, -0.15) is 0 Å². The van der Waals surface area contributed by atoms with Crippen LogP contribution in [0.5, 0.6) is 0 Å². The molecule has 0 saturated heterocycles. The largest absolute Gasteiger partial charge is 0.396 e. The maximum absolute atomic E-state index is 9.66. The molecule has 1 aromatic carbocycles. The first-order chi connectivity index (χ1) is 9.28. The lowest BCUT2D eigenvalue weighted by Gasteiger charge is -2.35. The Morgan fingerprint density at radius 1 is 1.16 bits per heavy atom. The number of aliphatic hydroxyl groups is 1. The van der Waals surface area contributed by atoms with Crippen LogP contribution in [0.4, 0.5) is 0 Å². The zero-order valence-electron chi connectivity index (χ0n) is 11.8. The van der Waals surface area contributed by atoms with Gasteiger partial charge in [-0.3, -0.25) is 0 Å². The zero-order chi connectivity index (χ0) is 13.6. The first kappa shape index (κ1) is 14.9.